The van der Waals surface area contributed by atoms with E-state index in [1.807, 2.05) is 6.20 Å². The summed E-state index contributed by atoms with van der Waals surface area (Å²) in [5, 5.41) is 6.05. The lowest BCUT2D eigenvalue weighted by Gasteiger charge is -2.26. The van der Waals surface area contributed by atoms with E-state index in [0.717, 1.165) is 32.0 Å². The maximum absolute atomic E-state index is 4.98. The van der Waals surface area contributed by atoms with Crippen LogP contribution in [0.2, 0.25) is 0 Å². The highest BCUT2D eigenvalue weighted by Crippen LogP contribution is 2.29. The molecule has 3 aromatic carbocycles. The van der Waals surface area contributed by atoms with Crippen LogP contribution in [0.3, 0.4) is 0 Å². The standard InChI is InChI=1S/C28H31N3/c1-22(2)17-29-18-25-19-30-28(27-16-10-9-15-26(25)27)31(20-23-11-5-3-6-12-23)21-24-13-7-4-8-14-24/h3-16,19,22,29H,17-18,20-21H2,1-2H3. The van der Waals surface area contributed by atoms with Crippen molar-refractivity contribution in [3.63, 3.8) is 0 Å². The highest BCUT2D eigenvalue weighted by Gasteiger charge is 2.15. The predicted octanol–water partition coefficient (Wildman–Crippen LogP) is 6.19. The zero-order chi connectivity index (χ0) is 21.5. The topological polar surface area (TPSA) is 28.2 Å². The highest BCUT2D eigenvalue weighted by atomic mass is 15.2. The number of rotatable bonds is 9. The molecule has 31 heavy (non-hydrogen) atoms. The molecule has 0 spiro atoms. The summed E-state index contributed by atoms with van der Waals surface area (Å²) >= 11 is 0. The van der Waals surface area contributed by atoms with E-state index in [-0.39, 0.29) is 0 Å². The fourth-order valence-electron chi connectivity index (χ4n) is 3.94. The van der Waals surface area contributed by atoms with Gasteiger partial charge in [0.1, 0.15) is 5.82 Å². The van der Waals surface area contributed by atoms with Gasteiger partial charge >= 0.3 is 0 Å². The monoisotopic (exact) mass is 409 g/mol. The zero-order valence-corrected chi connectivity index (χ0v) is 18.5. The van der Waals surface area contributed by atoms with Crippen molar-refractivity contribution in [2.75, 3.05) is 11.4 Å². The Kier molecular flexibility index (Phi) is 6.96. The van der Waals surface area contributed by atoms with Crippen molar-refractivity contribution >= 4 is 16.6 Å². The minimum Gasteiger partial charge on any atom is -0.347 e. The minimum atomic E-state index is 0.630. The number of nitrogens with zero attached hydrogens (tertiary/aromatic N) is 2. The van der Waals surface area contributed by atoms with Gasteiger partial charge in [0, 0.05) is 31.2 Å². The van der Waals surface area contributed by atoms with Crippen LogP contribution in [-0.2, 0) is 19.6 Å². The second-order valence-corrected chi connectivity index (χ2v) is 8.50. The Hall–Kier alpha value is -3.17. The SMILES string of the molecule is CC(C)CNCc1cnc(N(Cc2ccccc2)Cc2ccccc2)c2ccccc12. The normalized spacial score (nSPS) is 11.2. The smallest absolute Gasteiger partial charge is 0.137 e. The number of hydrogen-bond donors (Lipinski definition) is 1. The number of fused-ring (bicyclic) bond motifs is 1. The third-order valence-corrected chi connectivity index (χ3v) is 5.46. The van der Waals surface area contributed by atoms with Crippen LogP contribution >= 0.6 is 0 Å². The predicted molar refractivity (Wildman–Crippen MR) is 131 cm³/mol. The summed E-state index contributed by atoms with van der Waals surface area (Å²) in [6.07, 6.45) is 2.05. The number of anilines is 1. The van der Waals surface area contributed by atoms with E-state index in [1.54, 1.807) is 0 Å². The van der Waals surface area contributed by atoms with Gasteiger partial charge in [0.2, 0.25) is 0 Å². The summed E-state index contributed by atoms with van der Waals surface area (Å²) in [5.41, 5.74) is 3.82. The molecule has 4 aromatic rings. The maximum atomic E-state index is 4.98. The molecule has 1 aromatic heterocycles. The molecule has 3 nitrogen and oxygen atoms in total. The molecule has 0 bridgehead atoms. The second kappa shape index (κ2) is 10.2. The number of aromatic nitrogens is 1. The zero-order valence-electron chi connectivity index (χ0n) is 18.5. The van der Waals surface area contributed by atoms with Gasteiger partial charge in [0.05, 0.1) is 0 Å². The van der Waals surface area contributed by atoms with Crippen LogP contribution < -0.4 is 10.2 Å². The van der Waals surface area contributed by atoms with Crippen LogP contribution in [0.5, 0.6) is 0 Å². The van der Waals surface area contributed by atoms with Crippen LogP contribution in [-0.4, -0.2) is 11.5 Å². The molecule has 0 saturated heterocycles. The van der Waals surface area contributed by atoms with Crippen molar-refractivity contribution in [3.8, 4) is 0 Å². The molecule has 3 heteroatoms. The van der Waals surface area contributed by atoms with Gasteiger partial charge in [-0.1, -0.05) is 98.8 Å². The molecule has 0 saturated carbocycles. The van der Waals surface area contributed by atoms with Gasteiger partial charge in [-0.3, -0.25) is 0 Å². The molecule has 0 unspecified atom stereocenters. The third kappa shape index (κ3) is 5.50. The average Bonchev–Trinajstić information content (AvgIpc) is 2.80. The first kappa shape index (κ1) is 21.1. The fourth-order valence-corrected chi connectivity index (χ4v) is 3.94. The van der Waals surface area contributed by atoms with Gasteiger partial charge in [-0.2, -0.15) is 0 Å². The van der Waals surface area contributed by atoms with E-state index in [9.17, 15) is 0 Å². The van der Waals surface area contributed by atoms with Crippen LogP contribution in [0, 0.1) is 5.92 Å². The molecule has 0 aliphatic rings. The molecular weight excluding hydrogens is 378 g/mol. The first-order chi connectivity index (χ1) is 15.2. The Labute approximate surface area is 185 Å². The second-order valence-electron chi connectivity index (χ2n) is 8.50. The summed E-state index contributed by atoms with van der Waals surface area (Å²) in [4.78, 5) is 7.37. The first-order valence-corrected chi connectivity index (χ1v) is 11.1. The van der Waals surface area contributed by atoms with Gasteiger partial charge in [0.15, 0.2) is 0 Å². The van der Waals surface area contributed by atoms with E-state index < -0.39 is 0 Å². The summed E-state index contributed by atoms with van der Waals surface area (Å²) in [6, 6.07) is 29.9. The molecule has 0 aliphatic heterocycles. The molecule has 4 rings (SSSR count). The molecule has 0 fully saturated rings. The minimum absolute atomic E-state index is 0.630. The molecule has 0 atom stereocenters. The van der Waals surface area contributed by atoms with Crippen LogP contribution in [0.1, 0.15) is 30.5 Å². The molecule has 0 radical (unpaired) electrons. The van der Waals surface area contributed by atoms with Crippen molar-refractivity contribution in [2.45, 2.75) is 33.5 Å². The van der Waals surface area contributed by atoms with E-state index in [0.29, 0.717) is 5.92 Å². The fraction of sp³-hybridized carbons (Fsp3) is 0.250. The number of pyridine rings is 1. The highest BCUT2D eigenvalue weighted by molar-refractivity contribution is 5.94. The Bertz CT molecular complexity index is 1050. The van der Waals surface area contributed by atoms with Crippen molar-refractivity contribution in [1.82, 2.24) is 10.3 Å². The van der Waals surface area contributed by atoms with E-state index in [4.69, 9.17) is 4.98 Å². The molecule has 0 amide bonds. The van der Waals surface area contributed by atoms with Gasteiger partial charge in [0.25, 0.3) is 0 Å². The molecule has 158 valence electrons. The number of nitrogens with one attached hydrogen (secondary N) is 1. The lowest BCUT2D eigenvalue weighted by atomic mass is 10.1. The Morgan fingerprint density at radius 2 is 1.29 bits per heavy atom. The van der Waals surface area contributed by atoms with E-state index in [2.05, 4.69) is 109 Å². The number of hydrogen-bond acceptors (Lipinski definition) is 3. The summed E-state index contributed by atoms with van der Waals surface area (Å²) in [5.74, 6) is 1.67. The van der Waals surface area contributed by atoms with Crippen LogP contribution in [0.15, 0.2) is 91.1 Å². The lowest BCUT2D eigenvalue weighted by Crippen LogP contribution is -2.24. The quantitative estimate of drug-likeness (QED) is 0.357. The maximum Gasteiger partial charge on any atom is 0.137 e. The van der Waals surface area contributed by atoms with Crippen LogP contribution in [0.4, 0.5) is 5.82 Å². The van der Waals surface area contributed by atoms with Gasteiger partial charge in [-0.05, 0) is 34.5 Å². The van der Waals surface area contributed by atoms with Gasteiger partial charge in [-0.15, -0.1) is 0 Å². The van der Waals surface area contributed by atoms with Crippen molar-refractivity contribution in [2.24, 2.45) is 5.92 Å². The first-order valence-electron chi connectivity index (χ1n) is 11.1. The van der Waals surface area contributed by atoms with Gasteiger partial charge in [-0.25, -0.2) is 4.98 Å². The lowest BCUT2D eigenvalue weighted by molar-refractivity contribution is 0.553. The Morgan fingerprint density at radius 1 is 0.742 bits per heavy atom. The van der Waals surface area contributed by atoms with Crippen LogP contribution in [0.25, 0.3) is 10.8 Å². The summed E-state index contributed by atoms with van der Waals surface area (Å²) in [7, 11) is 0. The summed E-state index contributed by atoms with van der Waals surface area (Å²) < 4.78 is 0. The van der Waals surface area contributed by atoms with Gasteiger partial charge < -0.3 is 10.2 Å². The Morgan fingerprint density at radius 3 is 1.87 bits per heavy atom. The van der Waals surface area contributed by atoms with E-state index >= 15 is 0 Å². The Balaban J connectivity index is 1.70. The largest absolute Gasteiger partial charge is 0.347 e. The summed E-state index contributed by atoms with van der Waals surface area (Å²) in [6.45, 7) is 7.94. The van der Waals surface area contributed by atoms with Crippen molar-refractivity contribution < 1.29 is 0 Å². The van der Waals surface area contributed by atoms with Crippen molar-refractivity contribution in [1.29, 1.82) is 0 Å². The van der Waals surface area contributed by atoms with Crippen molar-refractivity contribution in [3.05, 3.63) is 108 Å². The molecule has 1 N–H and O–H groups in total. The third-order valence-electron chi connectivity index (χ3n) is 5.46. The average molecular weight is 410 g/mol. The number of benzene rings is 3. The molecule has 0 aliphatic carbocycles. The molecule has 1 heterocycles. The van der Waals surface area contributed by atoms with E-state index in [1.165, 1.54) is 27.5 Å². The molecular formula is C28H31N3.